The molecule has 4 aromatic rings. The first-order chi connectivity index (χ1) is 13.2. The second-order valence-electron chi connectivity index (χ2n) is 5.67. The number of thiazole rings is 1. The Labute approximate surface area is 159 Å². The quantitative estimate of drug-likeness (QED) is 0.328. The Morgan fingerprint density at radius 1 is 1.11 bits per heavy atom. The summed E-state index contributed by atoms with van der Waals surface area (Å²) in [7, 11) is 0. The van der Waals surface area contributed by atoms with Gasteiger partial charge in [0.25, 0.3) is 5.69 Å². The largest absolute Gasteiger partial charge is 0.539 e. The summed E-state index contributed by atoms with van der Waals surface area (Å²) in [5.41, 5.74) is 6.26. The van der Waals surface area contributed by atoms with E-state index in [0.29, 0.717) is 10.8 Å². The van der Waals surface area contributed by atoms with Crippen molar-refractivity contribution in [1.82, 2.24) is 10.3 Å². The lowest BCUT2D eigenvalue weighted by atomic mass is 10.1. The summed E-state index contributed by atoms with van der Waals surface area (Å²) < 4.78 is 6.29. The Morgan fingerprint density at radius 3 is 2.56 bits per heavy atom. The van der Waals surface area contributed by atoms with Gasteiger partial charge in [-0.2, -0.15) is 5.10 Å². The summed E-state index contributed by atoms with van der Waals surface area (Å²) in [5, 5.41) is 22.7. The number of hydrogen-bond donors (Lipinski definition) is 1. The average molecular weight is 377 g/mol. The van der Waals surface area contributed by atoms with Gasteiger partial charge in [0.15, 0.2) is 11.6 Å². The lowest BCUT2D eigenvalue weighted by Crippen LogP contribution is -2.34. The Hall–Kier alpha value is -3.52. The first kappa shape index (κ1) is 16.9. The highest BCUT2D eigenvalue weighted by Gasteiger charge is 2.24. The highest BCUT2D eigenvalue weighted by Crippen LogP contribution is 2.28. The molecule has 0 aliphatic rings. The van der Waals surface area contributed by atoms with Crippen molar-refractivity contribution in [3.8, 4) is 23.0 Å². The maximum atomic E-state index is 12.1. The molecule has 0 aliphatic carbocycles. The third-order valence-electron chi connectivity index (χ3n) is 3.87. The molecule has 0 saturated carbocycles. The third kappa shape index (κ3) is 3.56. The van der Waals surface area contributed by atoms with Crippen molar-refractivity contribution in [3.05, 3.63) is 71.6 Å². The molecule has 0 fully saturated rings. The Balaban J connectivity index is 1.60. The van der Waals surface area contributed by atoms with Gasteiger partial charge >= 0.3 is 0 Å². The summed E-state index contributed by atoms with van der Waals surface area (Å²) in [6.07, 6.45) is 0. The van der Waals surface area contributed by atoms with E-state index >= 15 is 0 Å². The molecule has 2 aromatic heterocycles. The number of nitrogens with zero attached hydrogens (tertiary/aromatic N) is 4. The van der Waals surface area contributed by atoms with Crippen LogP contribution in [0.1, 0.15) is 12.5 Å². The molecule has 0 bridgehead atoms. The predicted molar refractivity (Wildman–Crippen MR) is 101 cm³/mol. The van der Waals surface area contributed by atoms with Crippen molar-refractivity contribution in [2.45, 2.75) is 6.92 Å². The number of para-hydroxylation sites is 1. The number of aromatic nitrogens is 3. The Kier molecular flexibility index (Phi) is 4.63. The Bertz CT molecular complexity index is 1070. The molecule has 0 saturated heterocycles. The van der Waals surface area contributed by atoms with Gasteiger partial charge < -0.3 is 9.63 Å². The van der Waals surface area contributed by atoms with E-state index in [2.05, 4.69) is 20.8 Å². The fourth-order valence-corrected chi connectivity index (χ4v) is 3.15. The van der Waals surface area contributed by atoms with Gasteiger partial charge in [-0.15, -0.1) is 11.3 Å². The van der Waals surface area contributed by atoms with Gasteiger partial charge in [0.2, 0.25) is 10.8 Å². The summed E-state index contributed by atoms with van der Waals surface area (Å²) in [6.45, 7) is 1.91. The van der Waals surface area contributed by atoms with Gasteiger partial charge in [0.1, 0.15) is 0 Å². The lowest BCUT2D eigenvalue weighted by molar-refractivity contribution is -0.660. The van der Waals surface area contributed by atoms with Gasteiger partial charge in [-0.1, -0.05) is 48.5 Å². The minimum absolute atomic E-state index is 0.272. The van der Waals surface area contributed by atoms with Gasteiger partial charge in [-0.05, 0) is 17.2 Å². The molecular weight excluding hydrogens is 362 g/mol. The molecule has 2 aromatic carbocycles. The molecular formula is C19H15N5O2S. The zero-order chi connectivity index (χ0) is 18.6. The molecule has 134 valence electrons. The molecule has 1 N–H and O–H groups in total. The maximum absolute atomic E-state index is 12.1. The standard InChI is InChI=1S/C19H15N5O2S/c1-13(14-8-4-2-5-9-14)21-22-19-20-16(12-27-19)17-18(25)26-23-24(17)15-10-6-3-7-11-15/h2-12H,1H3,(H-,20,22,23,25)/b21-13+. The van der Waals surface area contributed by atoms with Crippen LogP contribution >= 0.6 is 11.3 Å². The van der Waals surface area contributed by atoms with Crippen molar-refractivity contribution in [1.29, 1.82) is 0 Å². The normalized spacial score (nSPS) is 11.5. The van der Waals surface area contributed by atoms with E-state index in [-0.39, 0.29) is 5.69 Å². The third-order valence-corrected chi connectivity index (χ3v) is 4.62. The van der Waals surface area contributed by atoms with E-state index in [9.17, 15) is 5.11 Å². The van der Waals surface area contributed by atoms with Crippen LogP contribution in [0.25, 0.3) is 17.1 Å². The molecule has 0 atom stereocenters. The number of anilines is 1. The van der Waals surface area contributed by atoms with Crippen LogP contribution in [0.15, 0.2) is 75.7 Å². The maximum Gasteiger partial charge on any atom is 0.289 e. The highest BCUT2D eigenvalue weighted by atomic mass is 32.1. The van der Waals surface area contributed by atoms with Crippen molar-refractivity contribution >= 4 is 22.2 Å². The molecule has 8 heteroatoms. The second kappa shape index (κ2) is 7.38. The van der Waals surface area contributed by atoms with Crippen LogP contribution in [0.2, 0.25) is 0 Å². The van der Waals surface area contributed by atoms with Crippen LogP contribution in [0.3, 0.4) is 0 Å². The van der Waals surface area contributed by atoms with E-state index < -0.39 is 5.95 Å². The SMILES string of the molecule is C/C(=N\Nc1nc(-c2c([O-])on[n+]2-c2ccccc2)cs1)c1ccccc1. The first-order valence-corrected chi connectivity index (χ1v) is 9.06. The number of hydrazone groups is 1. The van der Waals surface area contributed by atoms with Crippen molar-refractivity contribution in [2.24, 2.45) is 5.10 Å². The monoisotopic (exact) mass is 377 g/mol. The zero-order valence-corrected chi connectivity index (χ0v) is 15.2. The molecule has 0 amide bonds. The number of benzene rings is 2. The van der Waals surface area contributed by atoms with E-state index in [1.54, 1.807) is 5.38 Å². The minimum Gasteiger partial charge on any atom is -0.539 e. The number of rotatable bonds is 5. The van der Waals surface area contributed by atoms with Crippen molar-refractivity contribution in [2.75, 3.05) is 5.43 Å². The molecule has 0 spiro atoms. The Morgan fingerprint density at radius 2 is 1.81 bits per heavy atom. The molecule has 0 radical (unpaired) electrons. The smallest absolute Gasteiger partial charge is 0.289 e. The number of hydrogen-bond acceptors (Lipinski definition) is 7. The summed E-state index contributed by atoms with van der Waals surface area (Å²) >= 11 is 1.35. The van der Waals surface area contributed by atoms with Crippen LogP contribution in [-0.4, -0.2) is 16.0 Å². The van der Waals surface area contributed by atoms with Crippen LogP contribution < -0.4 is 15.2 Å². The summed E-state index contributed by atoms with van der Waals surface area (Å²) in [5.74, 6) is -0.542. The van der Waals surface area contributed by atoms with Gasteiger partial charge in [0.05, 0.1) is 11.0 Å². The minimum atomic E-state index is -0.542. The first-order valence-electron chi connectivity index (χ1n) is 8.18. The van der Waals surface area contributed by atoms with E-state index in [1.165, 1.54) is 16.0 Å². The summed E-state index contributed by atoms with van der Waals surface area (Å²) in [4.78, 5) is 4.44. The fourth-order valence-electron chi connectivity index (χ4n) is 2.52. The van der Waals surface area contributed by atoms with Gasteiger partial charge in [-0.25, -0.2) is 4.98 Å². The van der Waals surface area contributed by atoms with Crippen molar-refractivity contribution in [3.63, 3.8) is 0 Å². The summed E-state index contributed by atoms with van der Waals surface area (Å²) in [6, 6.07) is 19.1. The lowest BCUT2D eigenvalue weighted by Gasteiger charge is -2.00. The molecule has 2 heterocycles. The molecule has 7 nitrogen and oxygen atoms in total. The average Bonchev–Trinajstić information content (AvgIpc) is 3.33. The van der Waals surface area contributed by atoms with E-state index in [1.807, 2.05) is 67.6 Å². The molecule has 4 rings (SSSR count). The number of nitrogens with one attached hydrogen (secondary N) is 1. The molecule has 0 unspecified atom stereocenters. The van der Waals surface area contributed by atoms with Crippen LogP contribution in [0, 0.1) is 0 Å². The molecule has 27 heavy (non-hydrogen) atoms. The fraction of sp³-hybridized carbons (Fsp3) is 0.0526. The van der Waals surface area contributed by atoms with E-state index in [0.717, 1.165) is 17.0 Å². The van der Waals surface area contributed by atoms with Crippen molar-refractivity contribution < 1.29 is 14.3 Å². The van der Waals surface area contributed by atoms with Crippen LogP contribution in [-0.2, 0) is 0 Å². The topological polar surface area (TPSA) is 90.2 Å². The van der Waals surface area contributed by atoms with E-state index in [4.69, 9.17) is 4.52 Å². The zero-order valence-electron chi connectivity index (χ0n) is 14.4. The second-order valence-corrected chi connectivity index (χ2v) is 6.53. The van der Waals surface area contributed by atoms with Gasteiger partial charge in [-0.3, -0.25) is 5.43 Å². The van der Waals surface area contributed by atoms with Gasteiger partial charge in [0, 0.05) is 17.5 Å². The highest BCUT2D eigenvalue weighted by molar-refractivity contribution is 7.14. The predicted octanol–water partition coefficient (Wildman–Crippen LogP) is 2.98. The molecule has 0 aliphatic heterocycles. The van der Waals surface area contributed by atoms with Crippen LogP contribution in [0.5, 0.6) is 5.95 Å². The van der Waals surface area contributed by atoms with Crippen LogP contribution in [0.4, 0.5) is 5.13 Å².